The summed E-state index contributed by atoms with van der Waals surface area (Å²) in [5.41, 5.74) is 1.48. The first-order valence-electron chi connectivity index (χ1n) is 5.40. The van der Waals surface area contributed by atoms with Gasteiger partial charge in [0.05, 0.1) is 5.56 Å². The molecule has 0 saturated carbocycles. The summed E-state index contributed by atoms with van der Waals surface area (Å²) in [6, 6.07) is 1.90. The fraction of sp³-hybridized carbons (Fsp3) is 0.167. The molecule has 100 valence electrons. The zero-order chi connectivity index (χ0) is 14.0. The molecule has 0 aliphatic rings. The van der Waals surface area contributed by atoms with Crippen molar-refractivity contribution in [3.63, 3.8) is 0 Å². The summed E-state index contributed by atoms with van der Waals surface area (Å²) in [5.74, 6) is -0.0417. The van der Waals surface area contributed by atoms with Crippen LogP contribution in [0.3, 0.4) is 0 Å². The summed E-state index contributed by atoms with van der Waals surface area (Å²) in [4.78, 5) is 18.2. The molecule has 2 rings (SSSR count). The Morgan fingerprint density at radius 2 is 2.42 bits per heavy atom. The number of carbonyl (C=O) groups excluding carboxylic acids is 1. The Labute approximate surface area is 141 Å². The zero-order valence-corrected chi connectivity index (χ0v) is 15.3. The first-order chi connectivity index (χ1) is 9.08. The average Bonchev–Trinajstić information content (AvgIpc) is 2.74. The van der Waals surface area contributed by atoms with E-state index in [4.69, 9.17) is 0 Å². The Bertz CT molecular complexity index is 641. The third-order valence-corrected chi connectivity index (χ3v) is 5.19. The van der Waals surface area contributed by atoms with E-state index in [1.54, 1.807) is 33.3 Å². The summed E-state index contributed by atoms with van der Waals surface area (Å²) < 4.78 is 3.07. The maximum Gasteiger partial charge on any atom is 0.255 e. The highest BCUT2D eigenvalue weighted by Crippen LogP contribution is 2.28. The molecular formula is C12H11I2N3OS. The average molecular weight is 499 g/mol. The summed E-state index contributed by atoms with van der Waals surface area (Å²) in [6.45, 7) is 4.16. The van der Waals surface area contributed by atoms with Crippen molar-refractivity contribution < 1.29 is 4.79 Å². The number of likely N-dealkylation sites (N-methyl/N-ethyl adjacent to an activating group) is 1. The van der Waals surface area contributed by atoms with Gasteiger partial charge in [0.2, 0.25) is 0 Å². The van der Waals surface area contributed by atoms with E-state index in [9.17, 15) is 4.79 Å². The fourth-order valence-corrected chi connectivity index (χ4v) is 3.83. The van der Waals surface area contributed by atoms with Crippen molar-refractivity contribution in [3.8, 4) is 0 Å². The standard InChI is InChI=1S/C12H11I2N3OS/c1-3-4-16(2)12(18)8-5-9-10(13)7-17(19-14)11(9)15-6-8/h3,5-7H,1,4H2,2H3. The zero-order valence-electron chi connectivity index (χ0n) is 10.1. The van der Waals surface area contributed by atoms with Crippen molar-refractivity contribution >= 4 is 69.9 Å². The lowest BCUT2D eigenvalue weighted by atomic mass is 10.2. The number of halogens is 2. The van der Waals surface area contributed by atoms with E-state index in [0.29, 0.717) is 12.1 Å². The highest BCUT2D eigenvalue weighted by molar-refractivity contribution is 14.2. The second-order valence-corrected chi connectivity index (χ2v) is 6.82. The topological polar surface area (TPSA) is 38.1 Å². The molecule has 0 aliphatic carbocycles. The van der Waals surface area contributed by atoms with Gasteiger partial charge >= 0.3 is 0 Å². The molecule has 0 aliphatic heterocycles. The predicted octanol–water partition coefficient (Wildman–Crippen LogP) is 3.75. The number of pyridine rings is 1. The molecule has 0 spiro atoms. The molecule has 0 unspecified atom stereocenters. The number of aromatic nitrogens is 2. The quantitative estimate of drug-likeness (QED) is 0.476. The Morgan fingerprint density at radius 3 is 3.05 bits per heavy atom. The Hall–Kier alpha value is -0.290. The van der Waals surface area contributed by atoms with E-state index >= 15 is 0 Å². The first kappa shape index (κ1) is 15.1. The summed E-state index contributed by atoms with van der Waals surface area (Å²) in [7, 11) is 3.31. The summed E-state index contributed by atoms with van der Waals surface area (Å²) in [5, 5.41) is 1.00. The number of amides is 1. The van der Waals surface area contributed by atoms with Crippen molar-refractivity contribution in [2.24, 2.45) is 0 Å². The molecule has 19 heavy (non-hydrogen) atoms. The van der Waals surface area contributed by atoms with Crippen LogP contribution < -0.4 is 0 Å². The first-order valence-corrected chi connectivity index (χ1v) is 9.80. The van der Waals surface area contributed by atoms with E-state index in [1.807, 2.05) is 16.2 Å². The summed E-state index contributed by atoms with van der Waals surface area (Å²) in [6.07, 6.45) is 5.34. The molecule has 0 radical (unpaired) electrons. The van der Waals surface area contributed by atoms with Crippen LogP contribution in [0.25, 0.3) is 11.0 Å². The van der Waals surface area contributed by atoms with Gasteiger partial charge < -0.3 is 4.90 Å². The normalized spacial score (nSPS) is 10.7. The van der Waals surface area contributed by atoms with Gasteiger partial charge in [0.25, 0.3) is 5.91 Å². The van der Waals surface area contributed by atoms with Crippen molar-refractivity contribution in [2.75, 3.05) is 13.6 Å². The maximum atomic E-state index is 12.2. The van der Waals surface area contributed by atoms with Crippen LogP contribution in [0, 0.1) is 3.57 Å². The SMILES string of the molecule is C=CCN(C)C(=O)c1cnc2c(c1)c(I)cn2SI. The van der Waals surface area contributed by atoms with Gasteiger partial charge in [-0.25, -0.2) is 4.98 Å². The van der Waals surface area contributed by atoms with Gasteiger partial charge in [0.15, 0.2) is 5.65 Å². The lowest BCUT2D eigenvalue weighted by molar-refractivity contribution is 0.0810. The number of rotatable bonds is 4. The molecule has 7 heteroatoms. The van der Waals surface area contributed by atoms with Gasteiger partial charge in [-0.3, -0.25) is 8.77 Å². The van der Waals surface area contributed by atoms with Gasteiger partial charge in [0.1, 0.15) is 0 Å². The molecule has 0 bridgehead atoms. The Morgan fingerprint density at radius 1 is 1.68 bits per heavy atom. The molecule has 4 nitrogen and oxygen atoms in total. The van der Waals surface area contributed by atoms with Gasteiger partial charge in [-0.1, -0.05) is 6.08 Å². The number of carbonyl (C=O) groups is 1. The minimum absolute atomic E-state index is 0.0417. The largest absolute Gasteiger partial charge is 0.338 e. The van der Waals surface area contributed by atoms with Gasteiger partial charge in [-0.05, 0) is 28.7 Å². The third kappa shape index (κ3) is 3.07. The van der Waals surface area contributed by atoms with Crippen LogP contribution in [0.1, 0.15) is 10.4 Å². The predicted molar refractivity (Wildman–Crippen MR) is 96.6 cm³/mol. The van der Waals surface area contributed by atoms with E-state index in [1.165, 1.54) is 0 Å². The van der Waals surface area contributed by atoms with Gasteiger partial charge in [-0.2, -0.15) is 0 Å². The van der Waals surface area contributed by atoms with E-state index < -0.39 is 0 Å². The Kier molecular flexibility index (Phi) is 5.12. The van der Waals surface area contributed by atoms with Crippen LogP contribution in [0.5, 0.6) is 0 Å². The molecule has 0 fully saturated rings. The van der Waals surface area contributed by atoms with E-state index in [-0.39, 0.29) is 5.91 Å². The van der Waals surface area contributed by atoms with Crippen LogP contribution in [0.2, 0.25) is 0 Å². The monoisotopic (exact) mass is 499 g/mol. The number of hydrogen-bond acceptors (Lipinski definition) is 3. The molecule has 0 N–H and O–H groups in total. The van der Waals surface area contributed by atoms with E-state index in [0.717, 1.165) is 14.6 Å². The molecule has 0 saturated heterocycles. The molecule has 2 aromatic heterocycles. The molecular weight excluding hydrogens is 488 g/mol. The summed E-state index contributed by atoms with van der Waals surface area (Å²) >= 11 is 4.47. The van der Waals surface area contributed by atoms with Crippen molar-refractivity contribution in [1.29, 1.82) is 0 Å². The maximum absolute atomic E-state index is 12.2. The van der Waals surface area contributed by atoms with Crippen molar-refractivity contribution in [1.82, 2.24) is 13.9 Å². The highest BCUT2D eigenvalue weighted by atomic mass is 127. The molecule has 2 aromatic rings. The number of hydrogen-bond donors (Lipinski definition) is 0. The van der Waals surface area contributed by atoms with Gasteiger partial charge in [-0.15, -0.1) is 6.58 Å². The molecule has 1 amide bonds. The second kappa shape index (κ2) is 6.44. The van der Waals surface area contributed by atoms with E-state index in [2.05, 4.69) is 55.4 Å². The minimum atomic E-state index is -0.0417. The number of fused-ring (bicyclic) bond motifs is 1. The molecule has 0 atom stereocenters. The molecule has 2 heterocycles. The third-order valence-electron chi connectivity index (χ3n) is 2.63. The van der Waals surface area contributed by atoms with Crippen LogP contribution in [0.15, 0.2) is 31.1 Å². The fourth-order valence-electron chi connectivity index (χ4n) is 1.71. The highest BCUT2D eigenvalue weighted by Gasteiger charge is 2.14. The van der Waals surface area contributed by atoms with Crippen molar-refractivity contribution in [3.05, 3.63) is 40.2 Å². The smallest absolute Gasteiger partial charge is 0.255 e. The van der Waals surface area contributed by atoms with Crippen LogP contribution in [-0.2, 0) is 0 Å². The molecule has 0 aromatic carbocycles. The van der Waals surface area contributed by atoms with Crippen LogP contribution >= 0.6 is 52.9 Å². The lowest BCUT2D eigenvalue weighted by Crippen LogP contribution is -2.26. The van der Waals surface area contributed by atoms with Crippen LogP contribution in [-0.4, -0.2) is 33.4 Å². The number of nitrogens with zero attached hydrogens (tertiary/aromatic N) is 3. The lowest BCUT2D eigenvalue weighted by Gasteiger charge is -2.14. The minimum Gasteiger partial charge on any atom is -0.338 e. The Balaban J connectivity index is 2.44. The van der Waals surface area contributed by atoms with Gasteiger partial charge in [0, 0.05) is 65.3 Å². The van der Waals surface area contributed by atoms with Crippen molar-refractivity contribution in [2.45, 2.75) is 0 Å². The van der Waals surface area contributed by atoms with Crippen LogP contribution in [0.4, 0.5) is 0 Å². The second-order valence-electron chi connectivity index (χ2n) is 3.94.